The predicted octanol–water partition coefficient (Wildman–Crippen LogP) is 0.289. The number of nitrogens with zero attached hydrogens (tertiary/aromatic N) is 2. The van der Waals surface area contributed by atoms with Gasteiger partial charge in [0.2, 0.25) is 5.89 Å². The van der Waals surface area contributed by atoms with Crippen molar-refractivity contribution in [3.63, 3.8) is 0 Å². The largest absolute Gasteiger partial charge is 0.392 e. The van der Waals surface area contributed by atoms with Crippen molar-refractivity contribution in [1.82, 2.24) is 15.5 Å². The molecule has 18 heavy (non-hydrogen) atoms. The van der Waals surface area contributed by atoms with Crippen molar-refractivity contribution in [1.29, 1.82) is 0 Å². The number of β-amino-alcohol motifs (C(OH)–C–C–N with tert-alkyl or cyclic N) is 1. The van der Waals surface area contributed by atoms with Gasteiger partial charge in [-0.05, 0) is 6.42 Å². The second kappa shape index (κ2) is 6.17. The summed E-state index contributed by atoms with van der Waals surface area (Å²) in [6.07, 6.45) is -2.01. The van der Waals surface area contributed by atoms with Crippen LogP contribution < -0.4 is 5.32 Å². The summed E-state index contributed by atoms with van der Waals surface area (Å²) in [5, 5.41) is 16.1. The van der Waals surface area contributed by atoms with Gasteiger partial charge in [0, 0.05) is 13.0 Å². The van der Waals surface area contributed by atoms with Gasteiger partial charge >= 0.3 is 0 Å². The number of ether oxygens (including phenoxy) is 1. The van der Waals surface area contributed by atoms with Crippen molar-refractivity contribution in [2.24, 2.45) is 0 Å². The highest BCUT2D eigenvalue weighted by atomic mass is 19.3. The zero-order valence-electron chi connectivity index (χ0n) is 9.68. The molecule has 2 atom stereocenters. The molecule has 1 saturated heterocycles. The lowest BCUT2D eigenvalue weighted by Crippen LogP contribution is -2.15. The summed E-state index contributed by atoms with van der Waals surface area (Å²) in [6.45, 7) is 0.0466. The molecule has 2 unspecified atom stereocenters. The van der Waals surface area contributed by atoms with E-state index < -0.39 is 19.1 Å². The first-order chi connectivity index (χ1) is 8.65. The van der Waals surface area contributed by atoms with Gasteiger partial charge in [-0.1, -0.05) is 5.16 Å². The normalized spacial score (nSPS) is 24.0. The quantitative estimate of drug-likeness (QED) is 0.718. The number of aliphatic hydroxyl groups excluding tert-OH is 1. The first-order valence-corrected chi connectivity index (χ1v) is 5.75. The molecule has 0 bridgehead atoms. The van der Waals surface area contributed by atoms with Crippen LogP contribution in [0.1, 0.15) is 24.2 Å². The number of alkyl halides is 2. The van der Waals surface area contributed by atoms with E-state index in [1.807, 2.05) is 0 Å². The van der Waals surface area contributed by atoms with Crippen LogP contribution in [0, 0.1) is 0 Å². The number of aromatic nitrogens is 2. The van der Waals surface area contributed by atoms with E-state index in [9.17, 15) is 13.9 Å². The van der Waals surface area contributed by atoms with Crippen LogP contribution in [0.2, 0.25) is 0 Å². The molecule has 2 N–H and O–H groups in total. The molecule has 1 aromatic heterocycles. The van der Waals surface area contributed by atoms with Crippen LogP contribution in [0.25, 0.3) is 0 Å². The predicted molar refractivity (Wildman–Crippen MR) is 56.2 cm³/mol. The van der Waals surface area contributed by atoms with E-state index in [0.29, 0.717) is 31.1 Å². The number of aliphatic hydroxyl groups is 1. The number of hydrogen-bond donors (Lipinski definition) is 2. The summed E-state index contributed by atoms with van der Waals surface area (Å²) in [7, 11) is 0. The van der Waals surface area contributed by atoms with E-state index in [0.717, 1.165) is 0 Å². The molecule has 6 nitrogen and oxygen atoms in total. The minimum Gasteiger partial charge on any atom is -0.392 e. The van der Waals surface area contributed by atoms with Gasteiger partial charge < -0.3 is 19.7 Å². The number of halogens is 2. The van der Waals surface area contributed by atoms with E-state index in [2.05, 4.69) is 15.5 Å². The van der Waals surface area contributed by atoms with Gasteiger partial charge in [-0.15, -0.1) is 0 Å². The second-order valence-electron chi connectivity index (χ2n) is 4.12. The Morgan fingerprint density at radius 3 is 3.06 bits per heavy atom. The standard InChI is InChI=1S/C10H15F2N3O3/c11-8(12)5-17-2-1-9-14-10(18-15-9)7-3-6(16)4-13-7/h6-8,13,16H,1-5H2. The lowest BCUT2D eigenvalue weighted by atomic mass is 10.2. The van der Waals surface area contributed by atoms with E-state index in [1.54, 1.807) is 0 Å². The van der Waals surface area contributed by atoms with Gasteiger partial charge in [0.25, 0.3) is 6.43 Å². The fraction of sp³-hybridized carbons (Fsp3) is 0.800. The van der Waals surface area contributed by atoms with Gasteiger partial charge in [0.15, 0.2) is 5.82 Å². The summed E-state index contributed by atoms with van der Waals surface area (Å²) in [5.74, 6) is 0.831. The first-order valence-electron chi connectivity index (χ1n) is 5.75. The molecule has 2 rings (SSSR count). The molecule has 0 saturated carbocycles. The summed E-state index contributed by atoms with van der Waals surface area (Å²) < 4.78 is 33.4. The van der Waals surface area contributed by atoms with Crippen molar-refractivity contribution >= 4 is 0 Å². The molecule has 0 aromatic carbocycles. The van der Waals surface area contributed by atoms with Crippen LogP contribution in [0.15, 0.2) is 4.52 Å². The summed E-state index contributed by atoms with van der Waals surface area (Å²) in [6, 6.07) is -0.136. The van der Waals surface area contributed by atoms with Crippen molar-refractivity contribution in [2.45, 2.75) is 31.4 Å². The average molecular weight is 263 g/mol. The van der Waals surface area contributed by atoms with Gasteiger partial charge in [0.1, 0.15) is 6.61 Å². The molecular formula is C10H15F2N3O3. The van der Waals surface area contributed by atoms with E-state index in [-0.39, 0.29) is 12.6 Å². The van der Waals surface area contributed by atoms with Crippen molar-refractivity contribution < 1.29 is 23.1 Å². The van der Waals surface area contributed by atoms with Gasteiger partial charge in [0.05, 0.1) is 18.8 Å². The fourth-order valence-corrected chi connectivity index (χ4v) is 1.75. The van der Waals surface area contributed by atoms with Crippen molar-refractivity contribution in [3.05, 3.63) is 11.7 Å². The van der Waals surface area contributed by atoms with Gasteiger partial charge in [-0.2, -0.15) is 4.98 Å². The minimum atomic E-state index is -2.46. The molecule has 8 heteroatoms. The second-order valence-corrected chi connectivity index (χ2v) is 4.12. The molecule has 0 amide bonds. The zero-order chi connectivity index (χ0) is 13.0. The monoisotopic (exact) mass is 263 g/mol. The minimum absolute atomic E-state index is 0.129. The maximum absolute atomic E-state index is 11.8. The highest BCUT2D eigenvalue weighted by Crippen LogP contribution is 2.21. The number of rotatable bonds is 6. The molecule has 1 fully saturated rings. The third kappa shape index (κ3) is 3.69. The van der Waals surface area contributed by atoms with Crippen LogP contribution >= 0.6 is 0 Å². The molecule has 1 aromatic rings. The topological polar surface area (TPSA) is 80.4 Å². The van der Waals surface area contributed by atoms with Gasteiger partial charge in [-0.3, -0.25) is 0 Å². The summed E-state index contributed by atoms with van der Waals surface area (Å²) >= 11 is 0. The Balaban J connectivity index is 1.76. The lowest BCUT2D eigenvalue weighted by molar-refractivity contribution is 0.0182. The van der Waals surface area contributed by atoms with Crippen LogP contribution in [-0.4, -0.2) is 47.5 Å². The highest BCUT2D eigenvalue weighted by Gasteiger charge is 2.27. The van der Waals surface area contributed by atoms with Crippen molar-refractivity contribution in [3.8, 4) is 0 Å². The van der Waals surface area contributed by atoms with E-state index in [4.69, 9.17) is 9.26 Å². The molecule has 1 aliphatic rings. The maximum Gasteiger partial charge on any atom is 0.261 e. The Morgan fingerprint density at radius 1 is 1.56 bits per heavy atom. The molecule has 102 valence electrons. The van der Waals surface area contributed by atoms with E-state index >= 15 is 0 Å². The Morgan fingerprint density at radius 2 is 2.39 bits per heavy atom. The first kappa shape index (κ1) is 13.3. The number of hydrogen-bond acceptors (Lipinski definition) is 6. The third-order valence-electron chi connectivity index (χ3n) is 2.60. The Labute approximate surface area is 102 Å². The Kier molecular flexibility index (Phi) is 4.56. The third-order valence-corrected chi connectivity index (χ3v) is 2.60. The van der Waals surface area contributed by atoms with Gasteiger partial charge in [-0.25, -0.2) is 8.78 Å². The van der Waals surface area contributed by atoms with E-state index in [1.165, 1.54) is 0 Å². The number of nitrogens with one attached hydrogen (secondary N) is 1. The fourth-order valence-electron chi connectivity index (χ4n) is 1.75. The van der Waals surface area contributed by atoms with Crippen LogP contribution in [0.3, 0.4) is 0 Å². The maximum atomic E-state index is 11.8. The molecule has 0 aliphatic carbocycles. The zero-order valence-corrected chi connectivity index (χ0v) is 9.68. The Hall–Kier alpha value is -1.12. The van der Waals surface area contributed by atoms with Crippen molar-refractivity contribution in [2.75, 3.05) is 19.8 Å². The van der Waals surface area contributed by atoms with Crippen LogP contribution in [0.4, 0.5) is 8.78 Å². The average Bonchev–Trinajstić information content (AvgIpc) is 2.93. The molecule has 0 spiro atoms. The smallest absolute Gasteiger partial charge is 0.261 e. The lowest BCUT2D eigenvalue weighted by Gasteiger charge is -2.01. The van der Waals surface area contributed by atoms with Crippen LogP contribution in [0.5, 0.6) is 0 Å². The molecular weight excluding hydrogens is 248 g/mol. The molecule has 0 radical (unpaired) electrons. The van der Waals surface area contributed by atoms with Crippen LogP contribution in [-0.2, 0) is 11.2 Å². The SMILES string of the molecule is OC1CNC(c2nc(CCOCC(F)F)no2)C1. The summed E-state index contributed by atoms with van der Waals surface area (Å²) in [4.78, 5) is 4.12. The Bertz CT molecular complexity index is 375. The molecule has 2 heterocycles. The summed E-state index contributed by atoms with van der Waals surface area (Å²) in [5.41, 5.74) is 0. The molecule has 1 aliphatic heterocycles. The highest BCUT2D eigenvalue weighted by molar-refractivity contribution is 4.97.